The molecule has 0 saturated carbocycles. The molecule has 0 nitrogen and oxygen atoms in total. The van der Waals surface area contributed by atoms with Crippen LogP contribution in [0.25, 0.3) is 32.7 Å². The molecule has 0 saturated heterocycles. The molecular weight excluding hydrogens is 252 g/mol. The van der Waals surface area contributed by atoms with Crippen LogP contribution in [0.15, 0.2) is 78.9 Å². The van der Waals surface area contributed by atoms with E-state index in [0.717, 1.165) is 0 Å². The third-order valence-electron chi connectivity index (χ3n) is 4.06. The first-order valence-corrected chi connectivity index (χ1v) is 7.29. The van der Waals surface area contributed by atoms with Crippen molar-refractivity contribution in [2.75, 3.05) is 0 Å². The summed E-state index contributed by atoms with van der Waals surface area (Å²) in [7, 11) is 0. The van der Waals surface area contributed by atoms with Gasteiger partial charge in [-0.25, -0.2) is 0 Å². The Morgan fingerprint density at radius 2 is 1.14 bits per heavy atom. The minimum absolute atomic E-state index is 1.27. The number of benzene rings is 4. The van der Waals surface area contributed by atoms with Gasteiger partial charge in [-0.2, -0.15) is 0 Å². The monoisotopic (exact) mass is 268 g/mol. The van der Waals surface area contributed by atoms with E-state index in [1.165, 1.54) is 38.2 Å². The van der Waals surface area contributed by atoms with Gasteiger partial charge < -0.3 is 0 Å². The zero-order chi connectivity index (χ0) is 14.2. The van der Waals surface area contributed by atoms with Crippen LogP contribution in [0, 0.1) is 6.92 Å². The first-order chi connectivity index (χ1) is 10.3. The summed E-state index contributed by atoms with van der Waals surface area (Å²) in [5.74, 6) is 0. The summed E-state index contributed by atoms with van der Waals surface area (Å²) in [5.41, 5.74) is 3.85. The molecule has 0 aliphatic carbocycles. The van der Waals surface area contributed by atoms with Crippen molar-refractivity contribution in [2.45, 2.75) is 6.92 Å². The Kier molecular flexibility index (Phi) is 2.75. The third kappa shape index (κ3) is 2.19. The highest BCUT2D eigenvalue weighted by Gasteiger charge is 2.02. The molecule has 0 bridgehead atoms. The van der Waals surface area contributed by atoms with Gasteiger partial charge in [-0.15, -0.1) is 0 Å². The van der Waals surface area contributed by atoms with Crippen LogP contribution in [0.4, 0.5) is 0 Å². The lowest BCUT2D eigenvalue weighted by molar-refractivity contribution is 1.51. The molecule has 0 N–H and O–H groups in total. The quantitative estimate of drug-likeness (QED) is 0.373. The maximum absolute atomic E-state index is 2.29. The lowest BCUT2D eigenvalue weighted by Gasteiger charge is -2.07. The topological polar surface area (TPSA) is 0 Å². The first-order valence-electron chi connectivity index (χ1n) is 7.29. The van der Waals surface area contributed by atoms with E-state index in [4.69, 9.17) is 0 Å². The molecule has 0 radical (unpaired) electrons. The molecule has 0 amide bonds. The Bertz CT molecular complexity index is 934. The van der Waals surface area contributed by atoms with Crippen LogP contribution in [0.5, 0.6) is 0 Å². The Labute approximate surface area is 124 Å². The first kappa shape index (κ1) is 12.2. The van der Waals surface area contributed by atoms with E-state index in [9.17, 15) is 0 Å². The largest absolute Gasteiger partial charge is 0.0622 e. The SMILES string of the molecule is Cc1ccc2cc3cc(-c4ccccc4)ccc3cc2c1. The number of hydrogen-bond donors (Lipinski definition) is 0. The molecule has 0 heterocycles. The molecule has 0 aliphatic rings. The highest BCUT2D eigenvalue weighted by atomic mass is 14.1. The molecule has 0 unspecified atom stereocenters. The van der Waals surface area contributed by atoms with Crippen molar-refractivity contribution in [3.63, 3.8) is 0 Å². The van der Waals surface area contributed by atoms with E-state index in [0.29, 0.717) is 0 Å². The minimum Gasteiger partial charge on any atom is -0.0622 e. The highest BCUT2D eigenvalue weighted by molar-refractivity contribution is 5.99. The van der Waals surface area contributed by atoms with Gasteiger partial charge in [-0.1, -0.05) is 66.2 Å². The number of aryl methyl sites for hydroxylation is 1. The van der Waals surface area contributed by atoms with Crippen molar-refractivity contribution in [1.82, 2.24) is 0 Å². The van der Waals surface area contributed by atoms with Crippen molar-refractivity contribution in [1.29, 1.82) is 0 Å². The van der Waals surface area contributed by atoms with Gasteiger partial charge in [0.05, 0.1) is 0 Å². The summed E-state index contributed by atoms with van der Waals surface area (Å²) in [6.07, 6.45) is 0. The van der Waals surface area contributed by atoms with E-state index in [-0.39, 0.29) is 0 Å². The predicted molar refractivity (Wildman–Crippen MR) is 91.6 cm³/mol. The Balaban J connectivity index is 1.95. The van der Waals surface area contributed by atoms with Gasteiger partial charge >= 0.3 is 0 Å². The number of hydrogen-bond acceptors (Lipinski definition) is 0. The molecule has 21 heavy (non-hydrogen) atoms. The fourth-order valence-corrected chi connectivity index (χ4v) is 2.93. The van der Waals surface area contributed by atoms with Crippen LogP contribution in [0.2, 0.25) is 0 Å². The summed E-state index contributed by atoms with van der Waals surface area (Å²) in [6.45, 7) is 2.14. The van der Waals surface area contributed by atoms with Crippen molar-refractivity contribution < 1.29 is 0 Å². The molecular formula is C21H16. The maximum Gasteiger partial charge on any atom is -0.0171 e. The van der Waals surface area contributed by atoms with E-state index in [1.54, 1.807) is 0 Å². The molecule has 100 valence electrons. The number of fused-ring (bicyclic) bond motifs is 2. The van der Waals surface area contributed by atoms with Crippen LogP contribution in [-0.4, -0.2) is 0 Å². The lowest BCUT2D eigenvalue weighted by Crippen LogP contribution is -1.81. The average molecular weight is 268 g/mol. The molecule has 0 aliphatic heterocycles. The van der Waals surface area contributed by atoms with E-state index in [2.05, 4.69) is 85.8 Å². The highest BCUT2D eigenvalue weighted by Crippen LogP contribution is 2.28. The van der Waals surface area contributed by atoms with Crippen molar-refractivity contribution in [3.8, 4) is 11.1 Å². The minimum atomic E-state index is 1.27. The van der Waals surface area contributed by atoms with Crippen LogP contribution >= 0.6 is 0 Å². The molecule has 0 aromatic heterocycles. The summed E-state index contributed by atoms with van der Waals surface area (Å²) in [4.78, 5) is 0. The van der Waals surface area contributed by atoms with Crippen molar-refractivity contribution in [2.24, 2.45) is 0 Å². The van der Waals surface area contributed by atoms with E-state index in [1.807, 2.05) is 0 Å². The van der Waals surface area contributed by atoms with Gasteiger partial charge in [-0.05, 0) is 57.8 Å². The van der Waals surface area contributed by atoms with Gasteiger partial charge in [0.15, 0.2) is 0 Å². The summed E-state index contributed by atoms with van der Waals surface area (Å²) < 4.78 is 0. The number of rotatable bonds is 1. The van der Waals surface area contributed by atoms with E-state index < -0.39 is 0 Å². The molecule has 0 fully saturated rings. The summed E-state index contributed by atoms with van der Waals surface area (Å²) >= 11 is 0. The average Bonchev–Trinajstić information content (AvgIpc) is 2.53. The summed E-state index contributed by atoms with van der Waals surface area (Å²) in [5, 5.41) is 5.22. The van der Waals surface area contributed by atoms with Crippen LogP contribution < -0.4 is 0 Å². The molecule has 4 aromatic carbocycles. The zero-order valence-corrected chi connectivity index (χ0v) is 12.0. The normalized spacial score (nSPS) is 11.1. The van der Waals surface area contributed by atoms with Crippen LogP contribution in [0.3, 0.4) is 0 Å². The second-order valence-electron chi connectivity index (χ2n) is 5.63. The Hall–Kier alpha value is -2.60. The zero-order valence-electron chi connectivity index (χ0n) is 12.0. The fraction of sp³-hybridized carbons (Fsp3) is 0.0476. The van der Waals surface area contributed by atoms with Gasteiger partial charge in [0.1, 0.15) is 0 Å². The standard InChI is InChI=1S/C21H16/c1-15-7-8-18-14-21-12-17(16-5-3-2-4-6-16)9-10-19(21)13-20(18)11-15/h2-14H,1H3. The van der Waals surface area contributed by atoms with Gasteiger partial charge in [0, 0.05) is 0 Å². The smallest absolute Gasteiger partial charge is 0.0171 e. The van der Waals surface area contributed by atoms with Gasteiger partial charge in [0.2, 0.25) is 0 Å². The summed E-state index contributed by atoms with van der Waals surface area (Å²) in [6, 6.07) is 28.5. The molecule has 0 spiro atoms. The van der Waals surface area contributed by atoms with Crippen LogP contribution in [0.1, 0.15) is 5.56 Å². The molecule has 0 atom stereocenters. The molecule has 4 rings (SSSR count). The van der Waals surface area contributed by atoms with Crippen LogP contribution in [-0.2, 0) is 0 Å². The Morgan fingerprint density at radius 3 is 1.90 bits per heavy atom. The van der Waals surface area contributed by atoms with Crippen molar-refractivity contribution >= 4 is 21.5 Å². The molecule has 0 heteroatoms. The second kappa shape index (κ2) is 4.75. The van der Waals surface area contributed by atoms with Gasteiger partial charge in [0.25, 0.3) is 0 Å². The van der Waals surface area contributed by atoms with E-state index >= 15 is 0 Å². The molecule has 4 aromatic rings. The van der Waals surface area contributed by atoms with Gasteiger partial charge in [-0.3, -0.25) is 0 Å². The predicted octanol–water partition coefficient (Wildman–Crippen LogP) is 5.97. The lowest BCUT2D eigenvalue weighted by atomic mass is 9.98. The Morgan fingerprint density at radius 1 is 0.476 bits per heavy atom. The third-order valence-corrected chi connectivity index (χ3v) is 4.06. The maximum atomic E-state index is 2.29. The fourth-order valence-electron chi connectivity index (χ4n) is 2.93. The van der Waals surface area contributed by atoms with Crippen molar-refractivity contribution in [3.05, 3.63) is 84.4 Å². The second-order valence-corrected chi connectivity index (χ2v) is 5.63.